The van der Waals surface area contributed by atoms with Gasteiger partial charge in [-0.15, -0.1) is 0 Å². The van der Waals surface area contributed by atoms with E-state index >= 15 is 0 Å². The molecule has 17 heavy (non-hydrogen) atoms. The number of hydrogen-bond acceptors (Lipinski definition) is 6. The normalized spacial score (nSPS) is 9.88. The van der Waals surface area contributed by atoms with E-state index in [2.05, 4.69) is 0 Å². The van der Waals surface area contributed by atoms with Crippen LogP contribution in [0, 0.1) is 5.41 Å². The van der Waals surface area contributed by atoms with E-state index in [-0.39, 0.29) is 6.61 Å². The Morgan fingerprint density at radius 1 is 0.706 bits per heavy atom. The van der Waals surface area contributed by atoms with Gasteiger partial charge in [-0.1, -0.05) is 0 Å². The third-order valence-electron chi connectivity index (χ3n) is 1.75. The average Bonchev–Trinajstić information content (AvgIpc) is 2.36. The first-order valence-corrected chi connectivity index (χ1v) is 5.69. The van der Waals surface area contributed by atoms with Gasteiger partial charge in [0.05, 0.1) is 31.8 Å². The fourth-order valence-electron chi connectivity index (χ4n) is 0.504. The van der Waals surface area contributed by atoms with Crippen molar-refractivity contribution in [2.24, 2.45) is 5.41 Å². The van der Waals surface area contributed by atoms with Crippen LogP contribution in [0.4, 0.5) is 0 Å². The first-order valence-electron chi connectivity index (χ1n) is 5.69. The van der Waals surface area contributed by atoms with E-state index in [1.54, 1.807) is 6.92 Å². The van der Waals surface area contributed by atoms with Crippen LogP contribution in [0.25, 0.3) is 0 Å². The molecule has 0 amide bonds. The molecule has 0 aliphatic heterocycles. The van der Waals surface area contributed by atoms with E-state index in [0.29, 0.717) is 0 Å². The van der Waals surface area contributed by atoms with Crippen molar-refractivity contribution in [3.8, 4) is 0 Å². The summed E-state index contributed by atoms with van der Waals surface area (Å²) in [6, 6.07) is 0. The van der Waals surface area contributed by atoms with Gasteiger partial charge in [0.25, 0.3) is 0 Å². The molecule has 0 atom stereocenters. The topological polar surface area (TPSA) is 110 Å². The molecule has 0 saturated carbocycles. The van der Waals surface area contributed by atoms with Crippen LogP contribution in [-0.2, 0) is 4.74 Å². The van der Waals surface area contributed by atoms with Gasteiger partial charge >= 0.3 is 0 Å². The molecule has 6 heteroatoms. The summed E-state index contributed by atoms with van der Waals surface area (Å²) in [5, 5.41) is 41.6. The second kappa shape index (κ2) is 18.1. The highest BCUT2D eigenvalue weighted by Gasteiger charge is 2.26. The van der Waals surface area contributed by atoms with Crippen molar-refractivity contribution in [2.75, 3.05) is 46.2 Å². The highest BCUT2D eigenvalue weighted by molar-refractivity contribution is 4.74. The summed E-state index contributed by atoms with van der Waals surface area (Å²) in [5.41, 5.74) is -1.11. The maximum absolute atomic E-state index is 8.50. The molecule has 0 aliphatic carbocycles. The number of rotatable bonds is 6. The minimum Gasteiger partial charge on any atom is -0.397 e. The van der Waals surface area contributed by atoms with Gasteiger partial charge in [0.1, 0.15) is 0 Å². The molecule has 0 aromatic heterocycles. The van der Waals surface area contributed by atoms with Gasteiger partial charge in [0, 0.05) is 19.8 Å². The fourth-order valence-corrected chi connectivity index (χ4v) is 0.504. The van der Waals surface area contributed by atoms with Crippen molar-refractivity contribution in [1.29, 1.82) is 0 Å². The molecular formula is C11H28O6. The minimum atomic E-state index is -1.11. The Bertz CT molecular complexity index is 97.0. The van der Waals surface area contributed by atoms with Gasteiger partial charge in [-0.25, -0.2) is 0 Å². The number of ether oxygens (including phenoxy) is 1. The molecule has 0 unspecified atom stereocenters. The Morgan fingerprint density at radius 3 is 0.941 bits per heavy atom. The molecule has 0 spiro atoms. The first kappa shape index (κ1) is 22.0. The SMILES string of the molecule is CCO.CCOCC.OCC(CO)(CO)CO. The third-order valence-corrected chi connectivity index (χ3v) is 1.75. The molecule has 0 aromatic carbocycles. The van der Waals surface area contributed by atoms with Crippen molar-refractivity contribution in [2.45, 2.75) is 20.8 Å². The van der Waals surface area contributed by atoms with Gasteiger partial charge in [-0.3, -0.25) is 0 Å². The van der Waals surface area contributed by atoms with Crippen molar-refractivity contribution in [3.63, 3.8) is 0 Å². The Morgan fingerprint density at radius 2 is 0.941 bits per heavy atom. The largest absolute Gasteiger partial charge is 0.397 e. The highest BCUT2D eigenvalue weighted by Crippen LogP contribution is 2.11. The summed E-state index contributed by atoms with van der Waals surface area (Å²) >= 11 is 0. The fraction of sp³-hybridized carbons (Fsp3) is 1.00. The predicted molar refractivity (Wildman–Crippen MR) is 65.7 cm³/mol. The van der Waals surface area contributed by atoms with Crippen LogP contribution in [0.15, 0.2) is 0 Å². The van der Waals surface area contributed by atoms with E-state index in [1.807, 2.05) is 13.8 Å². The summed E-state index contributed by atoms with van der Waals surface area (Å²) in [6.45, 7) is 5.97. The maximum Gasteiger partial charge on any atom is 0.0627 e. The van der Waals surface area contributed by atoms with Crippen LogP contribution >= 0.6 is 0 Å². The van der Waals surface area contributed by atoms with E-state index in [0.717, 1.165) is 13.2 Å². The van der Waals surface area contributed by atoms with Crippen LogP contribution in [0.2, 0.25) is 0 Å². The van der Waals surface area contributed by atoms with Crippen molar-refractivity contribution in [3.05, 3.63) is 0 Å². The summed E-state index contributed by atoms with van der Waals surface area (Å²) in [6.07, 6.45) is 0. The molecule has 0 aromatic rings. The van der Waals surface area contributed by atoms with Gasteiger partial charge in [0.15, 0.2) is 0 Å². The van der Waals surface area contributed by atoms with Crippen LogP contribution < -0.4 is 0 Å². The highest BCUT2D eigenvalue weighted by atomic mass is 16.5. The van der Waals surface area contributed by atoms with Crippen molar-refractivity contribution in [1.82, 2.24) is 0 Å². The van der Waals surface area contributed by atoms with Gasteiger partial charge in [-0.05, 0) is 20.8 Å². The lowest BCUT2D eigenvalue weighted by molar-refractivity contribution is -0.0328. The molecule has 0 fully saturated rings. The third kappa shape index (κ3) is 15.8. The minimum absolute atomic E-state index is 0.250. The van der Waals surface area contributed by atoms with Crippen LogP contribution in [0.1, 0.15) is 20.8 Å². The van der Waals surface area contributed by atoms with E-state index in [4.69, 9.17) is 30.3 Å². The predicted octanol–water partition coefficient (Wildman–Crippen LogP) is -1.02. The number of aliphatic hydroxyl groups excluding tert-OH is 5. The van der Waals surface area contributed by atoms with Crippen molar-refractivity contribution >= 4 is 0 Å². The Balaban J connectivity index is -0.000000207. The lowest BCUT2D eigenvalue weighted by Gasteiger charge is -2.23. The molecule has 6 nitrogen and oxygen atoms in total. The molecule has 0 heterocycles. The molecular weight excluding hydrogens is 228 g/mol. The van der Waals surface area contributed by atoms with Gasteiger partial charge in [-0.2, -0.15) is 0 Å². The molecule has 0 bridgehead atoms. The van der Waals surface area contributed by atoms with E-state index in [1.165, 1.54) is 0 Å². The Hall–Kier alpha value is -0.240. The molecule has 0 rings (SSSR count). The van der Waals surface area contributed by atoms with E-state index in [9.17, 15) is 0 Å². The van der Waals surface area contributed by atoms with E-state index < -0.39 is 31.8 Å². The summed E-state index contributed by atoms with van der Waals surface area (Å²) in [4.78, 5) is 0. The molecule has 0 saturated heterocycles. The zero-order chi connectivity index (χ0) is 14.2. The lowest BCUT2D eigenvalue weighted by Crippen LogP contribution is -2.37. The zero-order valence-corrected chi connectivity index (χ0v) is 11.1. The maximum atomic E-state index is 8.50. The number of aliphatic hydroxyl groups is 5. The summed E-state index contributed by atoms with van der Waals surface area (Å²) < 4.78 is 4.83. The second-order valence-electron chi connectivity index (χ2n) is 3.23. The molecule has 0 aliphatic rings. The Kier molecular flexibility index (Phi) is 23.5. The van der Waals surface area contributed by atoms with Crippen LogP contribution in [0.5, 0.6) is 0 Å². The summed E-state index contributed by atoms with van der Waals surface area (Å²) in [5.74, 6) is 0. The average molecular weight is 256 g/mol. The molecule has 108 valence electrons. The van der Waals surface area contributed by atoms with Crippen LogP contribution in [0.3, 0.4) is 0 Å². The number of hydrogen-bond donors (Lipinski definition) is 5. The zero-order valence-electron chi connectivity index (χ0n) is 11.1. The lowest BCUT2D eigenvalue weighted by atomic mass is 9.93. The second-order valence-corrected chi connectivity index (χ2v) is 3.23. The smallest absolute Gasteiger partial charge is 0.0627 e. The standard InChI is InChI=1S/C5H12O4.C4H10O.C2H6O/c6-1-5(2-7,3-8)4-9;1-3-5-4-2;1-2-3/h6-9H,1-4H2;3-4H2,1-2H3;3H,2H2,1H3. The monoisotopic (exact) mass is 256 g/mol. The van der Waals surface area contributed by atoms with Gasteiger partial charge in [0.2, 0.25) is 0 Å². The summed E-state index contributed by atoms with van der Waals surface area (Å²) in [7, 11) is 0. The van der Waals surface area contributed by atoms with Crippen molar-refractivity contribution < 1.29 is 30.3 Å². The molecule has 5 N–H and O–H groups in total. The Labute approximate surface area is 103 Å². The van der Waals surface area contributed by atoms with Crippen LogP contribution in [-0.4, -0.2) is 71.8 Å². The molecule has 0 radical (unpaired) electrons. The first-order chi connectivity index (χ1) is 8.07. The quantitative estimate of drug-likeness (QED) is 0.416. The van der Waals surface area contributed by atoms with Gasteiger partial charge < -0.3 is 30.3 Å².